The average molecular weight is 387 g/mol. The van der Waals surface area contributed by atoms with Crippen LogP contribution in [0, 0.1) is 6.92 Å². The fraction of sp³-hybridized carbons (Fsp3) is 0.200. The topological polar surface area (TPSA) is 51.2 Å². The zero-order chi connectivity index (χ0) is 18.5. The lowest BCUT2D eigenvalue weighted by molar-refractivity contribution is -0.127. The first-order valence-corrected chi connectivity index (χ1v) is 9.49. The van der Waals surface area contributed by atoms with Crippen LogP contribution in [0.2, 0.25) is 5.02 Å². The zero-order valence-corrected chi connectivity index (χ0v) is 16.1. The fourth-order valence-electron chi connectivity index (χ4n) is 2.37. The molecule has 1 aromatic heterocycles. The highest BCUT2D eigenvalue weighted by atomic mass is 35.5. The van der Waals surface area contributed by atoms with E-state index < -0.39 is 6.10 Å². The highest BCUT2D eigenvalue weighted by Crippen LogP contribution is 2.23. The molecule has 0 saturated carbocycles. The summed E-state index contributed by atoms with van der Waals surface area (Å²) in [6.07, 6.45) is -0.609. The number of amides is 1. The molecule has 1 amide bonds. The van der Waals surface area contributed by atoms with E-state index in [9.17, 15) is 4.79 Å². The van der Waals surface area contributed by atoms with E-state index in [0.717, 1.165) is 21.8 Å². The number of nitrogens with one attached hydrogen (secondary N) is 1. The molecule has 1 N–H and O–H groups in total. The lowest BCUT2D eigenvalue weighted by atomic mass is 10.2. The van der Waals surface area contributed by atoms with Gasteiger partial charge < -0.3 is 10.1 Å². The van der Waals surface area contributed by atoms with E-state index in [1.54, 1.807) is 30.4 Å². The van der Waals surface area contributed by atoms with Crippen LogP contribution in [0.3, 0.4) is 0 Å². The third kappa shape index (κ3) is 4.62. The van der Waals surface area contributed by atoms with Gasteiger partial charge in [0.1, 0.15) is 10.8 Å². The zero-order valence-electron chi connectivity index (χ0n) is 14.5. The normalized spacial score (nSPS) is 11.8. The van der Waals surface area contributed by atoms with Crippen molar-refractivity contribution in [1.29, 1.82) is 0 Å². The Morgan fingerprint density at radius 3 is 2.77 bits per heavy atom. The molecule has 0 fully saturated rings. The number of benzene rings is 2. The Morgan fingerprint density at radius 2 is 2.04 bits per heavy atom. The molecule has 6 heteroatoms. The molecule has 3 aromatic rings. The first-order chi connectivity index (χ1) is 12.5. The molecular formula is C20H19ClN2O2S. The number of aryl methyl sites for hydroxylation is 1. The Hall–Kier alpha value is -2.37. The molecule has 1 atom stereocenters. The van der Waals surface area contributed by atoms with Crippen molar-refractivity contribution in [2.45, 2.75) is 26.5 Å². The van der Waals surface area contributed by atoms with Gasteiger partial charge in [0.2, 0.25) is 0 Å². The van der Waals surface area contributed by atoms with E-state index in [-0.39, 0.29) is 5.91 Å². The van der Waals surface area contributed by atoms with E-state index in [2.05, 4.69) is 10.3 Å². The molecule has 0 aliphatic carbocycles. The number of hydrogen-bond donors (Lipinski definition) is 1. The van der Waals surface area contributed by atoms with Crippen LogP contribution in [0.4, 0.5) is 0 Å². The van der Waals surface area contributed by atoms with Gasteiger partial charge in [0.05, 0.1) is 12.2 Å². The van der Waals surface area contributed by atoms with Crippen LogP contribution in [0.5, 0.6) is 5.75 Å². The molecule has 0 aliphatic rings. The number of thiazole rings is 1. The van der Waals surface area contributed by atoms with Crippen LogP contribution >= 0.6 is 22.9 Å². The maximum atomic E-state index is 12.3. The van der Waals surface area contributed by atoms with Crippen LogP contribution in [0.1, 0.15) is 18.2 Å². The first-order valence-electron chi connectivity index (χ1n) is 8.23. The van der Waals surface area contributed by atoms with Crippen molar-refractivity contribution < 1.29 is 9.53 Å². The van der Waals surface area contributed by atoms with Gasteiger partial charge in [0, 0.05) is 16.0 Å². The van der Waals surface area contributed by atoms with E-state index in [1.165, 1.54) is 0 Å². The maximum absolute atomic E-state index is 12.3. The Labute approximate surface area is 161 Å². The number of rotatable bonds is 6. The number of carbonyl (C=O) groups excluding carboxylic acids is 1. The SMILES string of the molecule is Cc1cc(O[C@@H](C)C(=O)NCc2csc(-c3ccccc3)n2)ccc1Cl. The molecular weight excluding hydrogens is 368 g/mol. The van der Waals surface area contributed by atoms with E-state index >= 15 is 0 Å². The van der Waals surface area contributed by atoms with Gasteiger partial charge in [-0.3, -0.25) is 4.79 Å². The summed E-state index contributed by atoms with van der Waals surface area (Å²) in [7, 11) is 0. The molecule has 0 spiro atoms. The third-order valence-electron chi connectivity index (χ3n) is 3.83. The van der Waals surface area contributed by atoms with Gasteiger partial charge in [0.15, 0.2) is 6.10 Å². The summed E-state index contributed by atoms with van der Waals surface area (Å²) in [4.78, 5) is 16.8. The highest BCUT2D eigenvalue weighted by Gasteiger charge is 2.15. The molecule has 0 radical (unpaired) electrons. The van der Waals surface area contributed by atoms with Gasteiger partial charge in [-0.2, -0.15) is 0 Å². The molecule has 1 heterocycles. The molecule has 0 unspecified atom stereocenters. The standard InChI is InChI=1S/C20H19ClN2O2S/c1-13-10-17(8-9-18(13)21)25-14(2)19(24)22-11-16-12-26-20(23-16)15-6-4-3-5-7-15/h3-10,12,14H,11H2,1-2H3,(H,22,24)/t14-/m0/s1. The Kier molecular flexibility index (Phi) is 5.91. The van der Waals surface area contributed by atoms with Crippen LogP contribution < -0.4 is 10.1 Å². The van der Waals surface area contributed by atoms with Crippen molar-refractivity contribution in [3.8, 4) is 16.3 Å². The molecule has 134 valence electrons. The predicted octanol–water partition coefficient (Wildman–Crippen LogP) is 4.86. The Morgan fingerprint density at radius 1 is 1.27 bits per heavy atom. The molecule has 3 rings (SSSR count). The molecule has 0 aliphatic heterocycles. The summed E-state index contributed by atoms with van der Waals surface area (Å²) in [5.41, 5.74) is 2.81. The van der Waals surface area contributed by atoms with Gasteiger partial charge in [-0.15, -0.1) is 11.3 Å². The Balaban J connectivity index is 1.55. The minimum absolute atomic E-state index is 0.188. The van der Waals surface area contributed by atoms with E-state index in [0.29, 0.717) is 17.3 Å². The third-order valence-corrected chi connectivity index (χ3v) is 5.19. The minimum atomic E-state index is -0.609. The number of nitrogens with zero attached hydrogens (tertiary/aromatic N) is 1. The number of halogens is 1. The second kappa shape index (κ2) is 8.34. The largest absolute Gasteiger partial charge is 0.481 e. The van der Waals surface area contributed by atoms with E-state index in [4.69, 9.17) is 16.3 Å². The monoisotopic (exact) mass is 386 g/mol. The van der Waals surface area contributed by atoms with Gasteiger partial charge in [-0.25, -0.2) is 4.98 Å². The molecule has 2 aromatic carbocycles. The summed E-state index contributed by atoms with van der Waals surface area (Å²) in [6.45, 7) is 3.98. The van der Waals surface area contributed by atoms with Crippen molar-refractivity contribution in [2.24, 2.45) is 0 Å². The second-order valence-corrected chi connectivity index (χ2v) is 7.16. The van der Waals surface area contributed by atoms with Crippen LogP contribution in [-0.2, 0) is 11.3 Å². The van der Waals surface area contributed by atoms with Crippen molar-refractivity contribution in [3.63, 3.8) is 0 Å². The molecule has 0 saturated heterocycles. The quantitative estimate of drug-likeness (QED) is 0.658. The van der Waals surface area contributed by atoms with Crippen LogP contribution in [0.25, 0.3) is 10.6 Å². The summed E-state index contributed by atoms with van der Waals surface area (Å²) >= 11 is 7.56. The van der Waals surface area contributed by atoms with Gasteiger partial charge in [-0.1, -0.05) is 41.9 Å². The van der Waals surface area contributed by atoms with Crippen molar-refractivity contribution >= 4 is 28.8 Å². The predicted molar refractivity (Wildman–Crippen MR) is 106 cm³/mol. The number of aromatic nitrogens is 1. The van der Waals surface area contributed by atoms with Crippen LogP contribution in [-0.4, -0.2) is 17.0 Å². The van der Waals surface area contributed by atoms with Gasteiger partial charge in [0.25, 0.3) is 5.91 Å². The summed E-state index contributed by atoms with van der Waals surface area (Å²) < 4.78 is 5.69. The fourth-order valence-corrected chi connectivity index (χ4v) is 3.31. The molecule has 26 heavy (non-hydrogen) atoms. The van der Waals surface area contributed by atoms with E-state index in [1.807, 2.05) is 48.7 Å². The van der Waals surface area contributed by atoms with Crippen molar-refractivity contribution in [3.05, 3.63) is 70.2 Å². The summed E-state index contributed by atoms with van der Waals surface area (Å²) in [5, 5.41) is 6.43. The molecule has 4 nitrogen and oxygen atoms in total. The summed E-state index contributed by atoms with van der Waals surface area (Å²) in [5.74, 6) is 0.432. The van der Waals surface area contributed by atoms with Crippen molar-refractivity contribution in [2.75, 3.05) is 0 Å². The second-order valence-electron chi connectivity index (χ2n) is 5.90. The first kappa shape index (κ1) is 18.4. The highest BCUT2D eigenvalue weighted by molar-refractivity contribution is 7.13. The number of ether oxygens (including phenoxy) is 1. The maximum Gasteiger partial charge on any atom is 0.261 e. The average Bonchev–Trinajstić information content (AvgIpc) is 3.12. The lowest BCUT2D eigenvalue weighted by Crippen LogP contribution is -2.36. The number of hydrogen-bond acceptors (Lipinski definition) is 4. The minimum Gasteiger partial charge on any atom is -0.481 e. The Bertz CT molecular complexity index is 896. The lowest BCUT2D eigenvalue weighted by Gasteiger charge is -2.15. The summed E-state index contributed by atoms with van der Waals surface area (Å²) in [6, 6.07) is 15.3. The van der Waals surface area contributed by atoms with Crippen molar-refractivity contribution in [1.82, 2.24) is 10.3 Å². The van der Waals surface area contributed by atoms with Gasteiger partial charge >= 0.3 is 0 Å². The number of carbonyl (C=O) groups is 1. The van der Waals surface area contributed by atoms with Crippen LogP contribution in [0.15, 0.2) is 53.9 Å². The van der Waals surface area contributed by atoms with Gasteiger partial charge in [-0.05, 0) is 37.6 Å². The molecule has 0 bridgehead atoms. The smallest absolute Gasteiger partial charge is 0.261 e.